The largest absolute Gasteiger partial charge is 0.439 e. The van der Waals surface area contributed by atoms with Crippen molar-refractivity contribution >= 4 is 34.8 Å². The number of hydrogen-bond donors (Lipinski definition) is 0. The minimum absolute atomic E-state index is 0.300. The summed E-state index contributed by atoms with van der Waals surface area (Å²) in [5.74, 6) is 1.81. The summed E-state index contributed by atoms with van der Waals surface area (Å²) in [6, 6.07) is 8.90. The topological polar surface area (TPSA) is 22.1 Å². The molecular weight excluding hydrogens is 317 g/mol. The zero-order valence-electron chi connectivity index (χ0n) is 11.2. The predicted molar refractivity (Wildman–Crippen MR) is 84.4 cm³/mol. The molecule has 0 aliphatic heterocycles. The quantitative estimate of drug-likeness (QED) is 0.637. The lowest BCUT2D eigenvalue weighted by atomic mass is 10.1. The second-order valence-corrected chi connectivity index (χ2v) is 5.79. The van der Waals surface area contributed by atoms with E-state index in [0.717, 1.165) is 11.3 Å². The van der Waals surface area contributed by atoms with Gasteiger partial charge in [-0.2, -0.15) is 0 Å². The molecule has 0 fully saturated rings. The van der Waals surface area contributed by atoms with Gasteiger partial charge < -0.3 is 4.74 Å². The van der Waals surface area contributed by atoms with Crippen molar-refractivity contribution in [3.63, 3.8) is 0 Å². The molecule has 0 N–H and O–H groups in total. The zero-order chi connectivity index (χ0) is 14.7. The van der Waals surface area contributed by atoms with Crippen LogP contribution in [0.1, 0.15) is 31.0 Å². The Bertz CT molecular complexity index is 614. The van der Waals surface area contributed by atoms with Crippen LogP contribution in [0.5, 0.6) is 11.6 Å². The van der Waals surface area contributed by atoms with Crippen LogP contribution in [0.3, 0.4) is 0 Å². The predicted octanol–water partition coefficient (Wildman–Crippen LogP) is 6.04. The molecule has 0 spiro atoms. The lowest BCUT2D eigenvalue weighted by molar-refractivity contribution is 0.459. The first-order chi connectivity index (χ1) is 9.49. The van der Waals surface area contributed by atoms with Gasteiger partial charge in [0, 0.05) is 23.7 Å². The highest BCUT2D eigenvalue weighted by molar-refractivity contribution is 6.42. The molecule has 0 atom stereocenters. The molecule has 0 bridgehead atoms. The third-order valence-corrected chi connectivity index (χ3v) is 3.79. The minimum atomic E-state index is 0.300. The van der Waals surface area contributed by atoms with Gasteiger partial charge in [0.15, 0.2) is 0 Å². The molecule has 0 unspecified atom stereocenters. The Hall–Kier alpha value is -0.960. The van der Waals surface area contributed by atoms with Gasteiger partial charge in [0.2, 0.25) is 5.88 Å². The molecule has 2 rings (SSSR count). The first-order valence-corrected chi connectivity index (χ1v) is 7.48. The van der Waals surface area contributed by atoms with Crippen molar-refractivity contribution in [3.05, 3.63) is 51.6 Å². The second kappa shape index (κ2) is 6.66. The fourth-order valence-corrected chi connectivity index (χ4v) is 2.11. The molecule has 0 saturated carbocycles. The van der Waals surface area contributed by atoms with Crippen molar-refractivity contribution < 1.29 is 4.74 Å². The van der Waals surface area contributed by atoms with Gasteiger partial charge in [-0.1, -0.05) is 37.0 Å². The van der Waals surface area contributed by atoms with Gasteiger partial charge in [0.05, 0.1) is 10.0 Å². The van der Waals surface area contributed by atoms with E-state index in [2.05, 4.69) is 18.8 Å². The normalized spacial score (nSPS) is 10.9. The molecule has 106 valence electrons. The van der Waals surface area contributed by atoms with Crippen molar-refractivity contribution in [1.82, 2.24) is 4.98 Å². The number of halogens is 3. The molecule has 0 aliphatic carbocycles. The Morgan fingerprint density at radius 2 is 1.85 bits per heavy atom. The summed E-state index contributed by atoms with van der Waals surface area (Å²) in [7, 11) is 0. The van der Waals surface area contributed by atoms with E-state index >= 15 is 0 Å². The summed E-state index contributed by atoms with van der Waals surface area (Å²) in [4.78, 5) is 4.47. The van der Waals surface area contributed by atoms with Crippen LogP contribution in [0, 0.1) is 0 Å². The number of ether oxygens (including phenoxy) is 1. The Kier molecular flexibility index (Phi) is 5.14. The molecule has 0 amide bonds. The van der Waals surface area contributed by atoms with Gasteiger partial charge >= 0.3 is 0 Å². The van der Waals surface area contributed by atoms with E-state index in [9.17, 15) is 0 Å². The van der Waals surface area contributed by atoms with E-state index in [4.69, 9.17) is 39.5 Å². The number of benzene rings is 1. The average Bonchev–Trinajstić information content (AvgIpc) is 2.42. The summed E-state index contributed by atoms with van der Waals surface area (Å²) >= 11 is 17.7. The lowest BCUT2D eigenvalue weighted by Crippen LogP contribution is -1.98. The molecule has 2 nitrogen and oxygen atoms in total. The molecule has 0 saturated heterocycles. The summed E-state index contributed by atoms with van der Waals surface area (Å²) in [6.07, 6.45) is 0. The van der Waals surface area contributed by atoms with Crippen LogP contribution in [0.25, 0.3) is 0 Å². The van der Waals surface area contributed by atoms with Gasteiger partial charge in [-0.15, -0.1) is 11.6 Å². The van der Waals surface area contributed by atoms with Gasteiger partial charge in [-0.25, -0.2) is 4.98 Å². The highest BCUT2D eigenvalue weighted by Gasteiger charge is 2.08. The maximum atomic E-state index is 5.97. The van der Waals surface area contributed by atoms with Gasteiger partial charge in [-0.05, 0) is 29.7 Å². The third kappa shape index (κ3) is 3.78. The molecule has 0 radical (unpaired) electrons. The van der Waals surface area contributed by atoms with Gasteiger partial charge in [0.1, 0.15) is 5.75 Å². The number of alkyl halides is 1. The van der Waals surface area contributed by atoms with Gasteiger partial charge in [-0.3, -0.25) is 0 Å². The molecule has 2 aromatic rings. The fraction of sp³-hybridized carbons (Fsp3) is 0.267. The minimum Gasteiger partial charge on any atom is -0.439 e. The number of nitrogens with zero attached hydrogens (tertiary/aromatic N) is 1. The fourth-order valence-electron chi connectivity index (χ4n) is 1.67. The lowest BCUT2D eigenvalue weighted by Gasteiger charge is -2.11. The van der Waals surface area contributed by atoms with Crippen molar-refractivity contribution in [2.45, 2.75) is 25.6 Å². The Labute approximate surface area is 133 Å². The zero-order valence-corrected chi connectivity index (χ0v) is 13.4. The average molecular weight is 331 g/mol. The van der Waals surface area contributed by atoms with Crippen LogP contribution in [0.15, 0.2) is 30.3 Å². The van der Waals surface area contributed by atoms with Crippen molar-refractivity contribution in [2.75, 3.05) is 0 Å². The first kappa shape index (κ1) is 15.4. The standard InChI is InChI=1S/C15H14Cl3NO/c1-9(2)14-5-10(8-16)6-15(19-14)20-11-3-4-12(17)13(18)7-11/h3-7,9H,8H2,1-2H3. The van der Waals surface area contributed by atoms with Crippen LogP contribution in [0.2, 0.25) is 10.0 Å². The Morgan fingerprint density at radius 3 is 2.45 bits per heavy atom. The highest BCUT2D eigenvalue weighted by Crippen LogP contribution is 2.30. The molecule has 20 heavy (non-hydrogen) atoms. The maximum absolute atomic E-state index is 5.97. The summed E-state index contributed by atoms with van der Waals surface area (Å²) in [5, 5.41) is 0.936. The molecule has 1 aromatic heterocycles. The first-order valence-electron chi connectivity index (χ1n) is 6.19. The summed E-state index contributed by atoms with van der Waals surface area (Å²) in [6.45, 7) is 4.15. The van der Waals surface area contributed by atoms with E-state index in [1.807, 2.05) is 12.1 Å². The van der Waals surface area contributed by atoms with E-state index in [0.29, 0.717) is 33.5 Å². The smallest absolute Gasteiger partial charge is 0.219 e. The molecular formula is C15H14Cl3NO. The van der Waals surface area contributed by atoms with Crippen LogP contribution in [-0.4, -0.2) is 4.98 Å². The molecule has 1 heterocycles. The van der Waals surface area contributed by atoms with Crippen molar-refractivity contribution in [3.8, 4) is 11.6 Å². The Morgan fingerprint density at radius 1 is 1.10 bits per heavy atom. The Balaban J connectivity index is 2.32. The number of aromatic nitrogens is 1. The van der Waals surface area contributed by atoms with Gasteiger partial charge in [0.25, 0.3) is 0 Å². The monoisotopic (exact) mass is 329 g/mol. The second-order valence-electron chi connectivity index (χ2n) is 4.70. The SMILES string of the molecule is CC(C)c1cc(CCl)cc(Oc2ccc(Cl)c(Cl)c2)n1. The van der Waals surface area contributed by atoms with Crippen LogP contribution < -0.4 is 4.74 Å². The molecule has 0 aliphatic rings. The molecule has 1 aromatic carbocycles. The number of pyridine rings is 1. The summed E-state index contributed by atoms with van der Waals surface area (Å²) in [5.41, 5.74) is 1.92. The van der Waals surface area contributed by atoms with Crippen molar-refractivity contribution in [1.29, 1.82) is 0 Å². The van der Waals surface area contributed by atoms with E-state index in [1.54, 1.807) is 18.2 Å². The van der Waals surface area contributed by atoms with Crippen molar-refractivity contribution in [2.24, 2.45) is 0 Å². The third-order valence-electron chi connectivity index (χ3n) is 2.74. The van der Waals surface area contributed by atoms with E-state index in [1.165, 1.54) is 0 Å². The summed E-state index contributed by atoms with van der Waals surface area (Å²) < 4.78 is 5.73. The highest BCUT2D eigenvalue weighted by atomic mass is 35.5. The molecule has 5 heteroatoms. The number of rotatable bonds is 4. The van der Waals surface area contributed by atoms with Crippen LogP contribution in [0.4, 0.5) is 0 Å². The number of hydrogen-bond acceptors (Lipinski definition) is 2. The van der Waals surface area contributed by atoms with Crippen LogP contribution in [-0.2, 0) is 5.88 Å². The van der Waals surface area contributed by atoms with E-state index in [-0.39, 0.29) is 0 Å². The van der Waals surface area contributed by atoms with E-state index < -0.39 is 0 Å². The maximum Gasteiger partial charge on any atom is 0.219 e. The van der Waals surface area contributed by atoms with Crippen LogP contribution >= 0.6 is 34.8 Å².